The third kappa shape index (κ3) is 3.39. The highest BCUT2D eigenvalue weighted by Crippen LogP contribution is 2.59. The van der Waals surface area contributed by atoms with Crippen molar-refractivity contribution in [2.75, 3.05) is 13.1 Å². The van der Waals surface area contributed by atoms with Gasteiger partial charge in [-0.15, -0.1) is 0 Å². The Morgan fingerprint density at radius 3 is 2.11 bits per heavy atom. The molecule has 0 aliphatic heterocycles. The number of rotatable bonds is 5. The van der Waals surface area contributed by atoms with Crippen LogP contribution in [0.25, 0.3) is 0 Å². The van der Waals surface area contributed by atoms with Crippen molar-refractivity contribution in [1.29, 1.82) is 0 Å². The van der Waals surface area contributed by atoms with Crippen LogP contribution in [-0.4, -0.2) is 41.1 Å². The molecule has 0 aromatic rings. The summed E-state index contributed by atoms with van der Waals surface area (Å²) in [6, 6.07) is 0. The Morgan fingerprint density at radius 1 is 1.26 bits per heavy atom. The minimum atomic E-state index is -4.47. The topological polar surface area (TPSA) is 57.6 Å². The smallest absolute Gasteiger partial charge is 0.406 e. The number of carbonyl (C=O) groups is 2. The van der Waals surface area contributed by atoms with Crippen molar-refractivity contribution < 1.29 is 27.9 Å². The molecule has 19 heavy (non-hydrogen) atoms. The van der Waals surface area contributed by atoms with Gasteiger partial charge in [0.2, 0.25) is 5.91 Å². The molecule has 0 aromatic carbocycles. The normalized spacial score (nSPS) is 24.9. The molecule has 1 rings (SSSR count). The van der Waals surface area contributed by atoms with Gasteiger partial charge >= 0.3 is 12.1 Å². The second-order valence-corrected chi connectivity index (χ2v) is 5.49. The number of carboxylic acid groups (broad SMARTS) is 1. The lowest BCUT2D eigenvalue weighted by atomic mass is 10.1. The van der Waals surface area contributed by atoms with Crippen LogP contribution in [0, 0.1) is 17.3 Å². The third-order valence-electron chi connectivity index (χ3n) is 3.53. The Hall–Kier alpha value is -1.27. The van der Waals surface area contributed by atoms with Crippen molar-refractivity contribution in [3.8, 4) is 0 Å². The van der Waals surface area contributed by atoms with Crippen LogP contribution < -0.4 is 0 Å². The Labute approximate surface area is 109 Å². The molecule has 110 valence electrons. The van der Waals surface area contributed by atoms with Crippen LogP contribution in [-0.2, 0) is 9.59 Å². The highest BCUT2D eigenvalue weighted by Gasteiger charge is 2.66. The summed E-state index contributed by atoms with van der Waals surface area (Å²) in [5.41, 5.74) is -0.777. The first-order valence-electron chi connectivity index (χ1n) is 6.10. The number of alkyl halides is 3. The van der Waals surface area contributed by atoms with E-state index < -0.39 is 41.8 Å². The number of nitrogens with zero attached hydrogens (tertiary/aromatic N) is 1. The quantitative estimate of drug-likeness (QED) is 0.840. The van der Waals surface area contributed by atoms with Gasteiger partial charge < -0.3 is 10.0 Å². The predicted octanol–water partition coefficient (Wildman–Crippen LogP) is 2.14. The lowest BCUT2D eigenvalue weighted by Gasteiger charge is -2.24. The van der Waals surface area contributed by atoms with Crippen LogP contribution in [0.1, 0.15) is 27.2 Å². The number of carboxylic acids is 1. The highest BCUT2D eigenvalue weighted by molar-refractivity contribution is 5.91. The second-order valence-electron chi connectivity index (χ2n) is 5.49. The summed E-state index contributed by atoms with van der Waals surface area (Å²) in [7, 11) is 0. The van der Waals surface area contributed by atoms with E-state index in [1.165, 1.54) is 0 Å². The first kappa shape index (κ1) is 15.8. The fourth-order valence-corrected chi connectivity index (χ4v) is 2.51. The molecule has 2 unspecified atom stereocenters. The van der Waals surface area contributed by atoms with Gasteiger partial charge in [-0.3, -0.25) is 9.59 Å². The SMILES string of the molecule is CCCN(CC(F)(F)F)C(=O)C1C(C(=O)O)C1(C)C. The summed E-state index contributed by atoms with van der Waals surface area (Å²) in [6.45, 7) is 3.51. The molecule has 2 atom stereocenters. The third-order valence-corrected chi connectivity index (χ3v) is 3.53. The fraction of sp³-hybridized carbons (Fsp3) is 0.833. The Bertz CT molecular complexity index is 379. The molecule has 0 spiro atoms. The van der Waals surface area contributed by atoms with Crippen LogP contribution in [0.5, 0.6) is 0 Å². The molecule has 0 heterocycles. The van der Waals surface area contributed by atoms with E-state index in [4.69, 9.17) is 5.11 Å². The lowest BCUT2D eigenvalue weighted by molar-refractivity contribution is -0.163. The van der Waals surface area contributed by atoms with Crippen molar-refractivity contribution in [2.24, 2.45) is 17.3 Å². The maximum absolute atomic E-state index is 12.4. The number of aliphatic carboxylic acids is 1. The molecule has 4 nitrogen and oxygen atoms in total. The van der Waals surface area contributed by atoms with E-state index in [0.717, 1.165) is 4.90 Å². The standard InChI is InChI=1S/C12H18F3NO3/c1-4-5-16(6-12(13,14)15)9(17)7-8(10(18)19)11(7,2)3/h7-8H,4-6H2,1-3H3,(H,18,19). The van der Waals surface area contributed by atoms with Crippen LogP contribution >= 0.6 is 0 Å². The largest absolute Gasteiger partial charge is 0.481 e. The second kappa shape index (κ2) is 5.02. The summed E-state index contributed by atoms with van der Waals surface area (Å²) in [5, 5.41) is 8.96. The average molecular weight is 281 g/mol. The van der Waals surface area contributed by atoms with E-state index in [2.05, 4.69) is 0 Å². The molecule has 1 aliphatic rings. The average Bonchev–Trinajstić information content (AvgIpc) is 2.78. The molecule has 0 saturated heterocycles. The minimum absolute atomic E-state index is 0.0166. The van der Waals surface area contributed by atoms with Gasteiger partial charge in [0, 0.05) is 6.54 Å². The molecule has 0 bridgehead atoms. The van der Waals surface area contributed by atoms with E-state index >= 15 is 0 Å². The maximum Gasteiger partial charge on any atom is 0.406 e. The summed E-state index contributed by atoms with van der Waals surface area (Å²) in [4.78, 5) is 23.7. The van der Waals surface area contributed by atoms with Crippen LogP contribution in [0.4, 0.5) is 13.2 Å². The fourth-order valence-electron chi connectivity index (χ4n) is 2.51. The van der Waals surface area contributed by atoms with Crippen molar-refractivity contribution in [3.63, 3.8) is 0 Å². The first-order valence-corrected chi connectivity index (χ1v) is 6.10. The predicted molar refractivity (Wildman–Crippen MR) is 61.3 cm³/mol. The summed E-state index contributed by atoms with van der Waals surface area (Å²) in [5.74, 6) is -3.60. The summed E-state index contributed by atoms with van der Waals surface area (Å²) < 4.78 is 37.2. The zero-order valence-electron chi connectivity index (χ0n) is 11.1. The van der Waals surface area contributed by atoms with Crippen molar-refractivity contribution in [2.45, 2.75) is 33.4 Å². The Balaban J connectivity index is 2.82. The molecule has 0 radical (unpaired) electrons. The van der Waals surface area contributed by atoms with Crippen molar-refractivity contribution >= 4 is 11.9 Å². The van der Waals surface area contributed by atoms with Gasteiger partial charge in [0.1, 0.15) is 6.54 Å². The number of hydrogen-bond donors (Lipinski definition) is 1. The molecule has 0 aromatic heterocycles. The Morgan fingerprint density at radius 2 is 1.79 bits per heavy atom. The molecule has 1 saturated carbocycles. The van der Waals surface area contributed by atoms with Gasteiger partial charge in [0.05, 0.1) is 11.8 Å². The van der Waals surface area contributed by atoms with Gasteiger partial charge in [0.25, 0.3) is 0 Å². The zero-order valence-corrected chi connectivity index (χ0v) is 11.1. The molecule has 1 N–H and O–H groups in total. The van der Waals surface area contributed by atoms with Crippen LogP contribution in [0.3, 0.4) is 0 Å². The van der Waals surface area contributed by atoms with E-state index in [1.54, 1.807) is 20.8 Å². The monoisotopic (exact) mass is 281 g/mol. The number of hydrogen-bond acceptors (Lipinski definition) is 2. The number of amides is 1. The van der Waals surface area contributed by atoms with Crippen LogP contribution in [0.15, 0.2) is 0 Å². The highest BCUT2D eigenvalue weighted by atomic mass is 19.4. The van der Waals surface area contributed by atoms with E-state index in [1.807, 2.05) is 0 Å². The molecular weight excluding hydrogens is 263 g/mol. The van der Waals surface area contributed by atoms with E-state index in [-0.39, 0.29) is 6.54 Å². The van der Waals surface area contributed by atoms with Gasteiger partial charge in [-0.2, -0.15) is 13.2 Å². The van der Waals surface area contributed by atoms with Crippen LogP contribution in [0.2, 0.25) is 0 Å². The number of halogens is 3. The maximum atomic E-state index is 12.4. The summed E-state index contributed by atoms with van der Waals surface area (Å²) >= 11 is 0. The van der Waals surface area contributed by atoms with E-state index in [9.17, 15) is 22.8 Å². The molecule has 1 aliphatic carbocycles. The lowest BCUT2D eigenvalue weighted by Crippen LogP contribution is -2.41. The Kier molecular flexibility index (Phi) is 4.17. The van der Waals surface area contributed by atoms with E-state index in [0.29, 0.717) is 6.42 Å². The van der Waals surface area contributed by atoms with Gasteiger partial charge in [-0.25, -0.2) is 0 Å². The van der Waals surface area contributed by atoms with Crippen molar-refractivity contribution in [3.05, 3.63) is 0 Å². The minimum Gasteiger partial charge on any atom is -0.481 e. The zero-order chi connectivity index (χ0) is 15.0. The van der Waals surface area contributed by atoms with Gasteiger partial charge in [-0.1, -0.05) is 20.8 Å². The number of carbonyl (C=O) groups excluding carboxylic acids is 1. The molecule has 1 fully saturated rings. The first-order chi connectivity index (χ1) is 8.52. The molecular formula is C12H18F3NO3. The molecule has 7 heteroatoms. The van der Waals surface area contributed by atoms with Crippen molar-refractivity contribution in [1.82, 2.24) is 4.90 Å². The summed E-state index contributed by atoms with van der Waals surface area (Å²) in [6.07, 6.45) is -4.07. The van der Waals surface area contributed by atoms with Gasteiger partial charge in [-0.05, 0) is 11.8 Å². The molecule has 1 amide bonds. The van der Waals surface area contributed by atoms with Gasteiger partial charge in [0.15, 0.2) is 0 Å².